The number of amides is 2. The number of aromatic amines is 2. The number of hydrogen-bond acceptors (Lipinski definition) is 4. The molecule has 8 heteroatoms. The minimum atomic E-state index is 0.750. The Kier molecular flexibility index (Phi) is 8.12. The van der Waals surface area contributed by atoms with Crippen LogP contribution >= 0.6 is 0 Å². The van der Waals surface area contributed by atoms with Crippen molar-refractivity contribution in [3.8, 4) is 22.8 Å². The van der Waals surface area contributed by atoms with Crippen molar-refractivity contribution in [1.29, 1.82) is 0 Å². The maximum atomic E-state index is 9.43. The summed E-state index contributed by atoms with van der Waals surface area (Å²) in [6.07, 6.45) is 1.50. The molecule has 0 fully saturated rings. The van der Waals surface area contributed by atoms with Crippen molar-refractivity contribution in [3.63, 3.8) is 0 Å². The van der Waals surface area contributed by atoms with E-state index in [1.807, 2.05) is 48.5 Å². The average Bonchev–Trinajstić information content (AvgIpc) is 3.49. The topological polar surface area (TPSA) is 98.0 Å². The Hall–Kier alpha value is -4.46. The van der Waals surface area contributed by atoms with E-state index in [1.54, 1.807) is 28.2 Å². The van der Waals surface area contributed by atoms with Crippen LogP contribution in [0.3, 0.4) is 0 Å². The predicted octanol–water partition coefficient (Wildman–Crippen LogP) is 4.18. The smallest absolute Gasteiger partial charge is 0.209 e. The monoisotopic (exact) mass is 456 g/mol. The number of hydrogen-bond donors (Lipinski definition) is 2. The van der Waals surface area contributed by atoms with Gasteiger partial charge in [-0.2, -0.15) is 0 Å². The summed E-state index contributed by atoms with van der Waals surface area (Å²) < 4.78 is 0. The number of benzene rings is 3. The van der Waals surface area contributed by atoms with E-state index in [0.717, 1.165) is 57.7 Å². The van der Waals surface area contributed by atoms with E-state index in [9.17, 15) is 9.59 Å². The molecule has 0 saturated carbocycles. The molecule has 0 aliphatic carbocycles. The van der Waals surface area contributed by atoms with E-state index in [4.69, 9.17) is 0 Å². The highest BCUT2D eigenvalue weighted by Crippen LogP contribution is 2.25. The summed E-state index contributed by atoms with van der Waals surface area (Å²) >= 11 is 0. The normalized spacial score (nSPS) is 10.0. The lowest BCUT2D eigenvalue weighted by molar-refractivity contribution is -0.116. The molecule has 5 rings (SSSR count). The minimum absolute atomic E-state index is 0.750. The van der Waals surface area contributed by atoms with Gasteiger partial charge in [0.05, 0.1) is 22.1 Å². The summed E-state index contributed by atoms with van der Waals surface area (Å²) in [7, 11) is 6.75. The number of nitrogens with one attached hydrogen (secondary N) is 2. The van der Waals surface area contributed by atoms with Gasteiger partial charge in [-0.25, -0.2) is 9.97 Å². The summed E-state index contributed by atoms with van der Waals surface area (Å²) in [5, 5.41) is 0. The van der Waals surface area contributed by atoms with Gasteiger partial charge in [0.2, 0.25) is 12.8 Å². The Morgan fingerprint density at radius 1 is 0.588 bits per heavy atom. The SMILES string of the molecule is CN(C)C=O.CN(C)C=O.c1ccc2[nH]c(-c3ccc(-c4nc5ccccc5[nH]4)cc3)nc2c1. The lowest BCUT2D eigenvalue weighted by Gasteiger charge is -1.99. The number of fused-ring (bicyclic) bond motifs is 2. The van der Waals surface area contributed by atoms with Crippen LogP contribution in [0.4, 0.5) is 0 Å². The number of H-pyrrole nitrogens is 2. The fraction of sp³-hybridized carbons (Fsp3) is 0.154. The van der Waals surface area contributed by atoms with E-state index >= 15 is 0 Å². The summed E-state index contributed by atoms with van der Waals surface area (Å²) in [5.41, 5.74) is 6.18. The summed E-state index contributed by atoms with van der Waals surface area (Å²) in [6.45, 7) is 0. The number of rotatable bonds is 4. The standard InChI is InChI=1S/C20H14N4.2C3H7NO/c1-2-6-16-15(5-1)21-19(22-16)13-9-11-14(12-10-13)20-23-17-7-3-4-8-18(17)24-20;2*1-4(2)3-5/h1-12H,(H,21,22)(H,23,24);2*3H,1-2H3. The van der Waals surface area contributed by atoms with Crippen LogP contribution < -0.4 is 0 Å². The molecule has 0 atom stereocenters. The molecule has 174 valence electrons. The average molecular weight is 457 g/mol. The van der Waals surface area contributed by atoms with Gasteiger partial charge >= 0.3 is 0 Å². The number of carbonyl (C=O) groups is 2. The molecule has 5 aromatic rings. The van der Waals surface area contributed by atoms with E-state index in [1.165, 1.54) is 9.80 Å². The highest BCUT2D eigenvalue weighted by Gasteiger charge is 2.07. The largest absolute Gasteiger partial charge is 0.351 e. The molecule has 2 aromatic heterocycles. The Morgan fingerprint density at radius 2 is 0.912 bits per heavy atom. The van der Waals surface area contributed by atoms with Crippen molar-refractivity contribution in [1.82, 2.24) is 29.7 Å². The van der Waals surface area contributed by atoms with Gasteiger partial charge in [0.1, 0.15) is 11.6 Å². The zero-order chi connectivity index (χ0) is 24.5. The molecule has 34 heavy (non-hydrogen) atoms. The Labute approximate surface area is 198 Å². The van der Waals surface area contributed by atoms with Gasteiger partial charge in [-0.3, -0.25) is 9.59 Å². The van der Waals surface area contributed by atoms with Crippen molar-refractivity contribution in [2.24, 2.45) is 0 Å². The highest BCUT2D eigenvalue weighted by molar-refractivity contribution is 5.81. The molecule has 0 aliphatic rings. The zero-order valence-electron chi connectivity index (χ0n) is 19.7. The summed E-state index contributed by atoms with van der Waals surface area (Å²) in [5.74, 6) is 1.76. The molecule has 0 unspecified atom stereocenters. The Morgan fingerprint density at radius 3 is 1.21 bits per heavy atom. The van der Waals surface area contributed by atoms with Crippen molar-refractivity contribution in [2.45, 2.75) is 0 Å². The molecule has 0 saturated heterocycles. The first kappa shape index (κ1) is 24.2. The van der Waals surface area contributed by atoms with Crippen LogP contribution in [0, 0.1) is 0 Å². The first-order valence-corrected chi connectivity index (χ1v) is 10.6. The van der Waals surface area contributed by atoms with Gasteiger partial charge in [-0.1, -0.05) is 48.5 Å². The number of carbonyl (C=O) groups excluding carboxylic acids is 2. The second-order valence-corrected chi connectivity index (χ2v) is 7.92. The second kappa shape index (κ2) is 11.4. The fourth-order valence-corrected chi connectivity index (χ4v) is 2.97. The molecular formula is C26H28N6O2. The van der Waals surface area contributed by atoms with Crippen molar-refractivity contribution in [3.05, 3.63) is 72.8 Å². The van der Waals surface area contributed by atoms with Gasteiger partial charge in [0, 0.05) is 39.3 Å². The number of nitrogens with zero attached hydrogens (tertiary/aromatic N) is 4. The molecule has 8 nitrogen and oxygen atoms in total. The molecule has 3 aromatic carbocycles. The molecule has 0 radical (unpaired) electrons. The van der Waals surface area contributed by atoms with Gasteiger partial charge in [-0.05, 0) is 24.3 Å². The van der Waals surface area contributed by atoms with Crippen molar-refractivity contribution in [2.75, 3.05) is 28.2 Å². The van der Waals surface area contributed by atoms with Crippen LogP contribution in [0.1, 0.15) is 0 Å². The molecule has 0 spiro atoms. The van der Waals surface area contributed by atoms with Crippen LogP contribution in [-0.4, -0.2) is 70.7 Å². The third-order valence-corrected chi connectivity index (χ3v) is 4.63. The second-order valence-electron chi connectivity index (χ2n) is 7.92. The number of aromatic nitrogens is 4. The van der Waals surface area contributed by atoms with Crippen molar-refractivity contribution >= 4 is 34.9 Å². The van der Waals surface area contributed by atoms with Gasteiger partial charge in [0.15, 0.2) is 0 Å². The van der Waals surface area contributed by atoms with E-state index in [2.05, 4.69) is 44.2 Å². The Balaban J connectivity index is 0.000000277. The maximum Gasteiger partial charge on any atom is 0.209 e. The third-order valence-electron chi connectivity index (χ3n) is 4.63. The number of imidazole rings is 2. The summed E-state index contributed by atoms with van der Waals surface area (Å²) in [6, 6.07) is 24.4. The van der Waals surface area contributed by atoms with E-state index in [-0.39, 0.29) is 0 Å². The van der Waals surface area contributed by atoms with Gasteiger partial charge in [-0.15, -0.1) is 0 Å². The van der Waals surface area contributed by atoms with E-state index < -0.39 is 0 Å². The first-order chi connectivity index (χ1) is 16.4. The quantitative estimate of drug-likeness (QED) is 0.396. The van der Waals surface area contributed by atoms with Crippen LogP contribution in [0.2, 0.25) is 0 Å². The molecule has 0 aliphatic heterocycles. The van der Waals surface area contributed by atoms with Gasteiger partial charge < -0.3 is 19.8 Å². The van der Waals surface area contributed by atoms with E-state index in [0.29, 0.717) is 0 Å². The van der Waals surface area contributed by atoms with Crippen LogP contribution in [0.15, 0.2) is 72.8 Å². The lowest BCUT2D eigenvalue weighted by Crippen LogP contribution is -2.06. The Bertz CT molecular complexity index is 1180. The maximum absolute atomic E-state index is 9.43. The molecule has 2 N–H and O–H groups in total. The highest BCUT2D eigenvalue weighted by atomic mass is 16.1. The number of para-hydroxylation sites is 4. The lowest BCUT2D eigenvalue weighted by atomic mass is 10.1. The van der Waals surface area contributed by atoms with Crippen LogP contribution in [0.5, 0.6) is 0 Å². The zero-order valence-corrected chi connectivity index (χ0v) is 19.7. The third kappa shape index (κ3) is 6.29. The fourth-order valence-electron chi connectivity index (χ4n) is 2.97. The first-order valence-electron chi connectivity index (χ1n) is 10.6. The predicted molar refractivity (Wildman–Crippen MR) is 136 cm³/mol. The summed E-state index contributed by atoms with van der Waals surface area (Å²) in [4.78, 5) is 37.7. The minimum Gasteiger partial charge on any atom is -0.351 e. The molecule has 0 bridgehead atoms. The van der Waals surface area contributed by atoms with Crippen LogP contribution in [-0.2, 0) is 9.59 Å². The van der Waals surface area contributed by atoms with Crippen molar-refractivity contribution < 1.29 is 9.59 Å². The van der Waals surface area contributed by atoms with Crippen LogP contribution in [0.25, 0.3) is 44.8 Å². The molecule has 2 amide bonds. The molecular weight excluding hydrogens is 428 g/mol. The molecule has 2 heterocycles. The van der Waals surface area contributed by atoms with Gasteiger partial charge in [0.25, 0.3) is 0 Å².